The Morgan fingerprint density at radius 2 is 1.71 bits per heavy atom. The summed E-state index contributed by atoms with van der Waals surface area (Å²) < 4.78 is 8.18. The van der Waals surface area contributed by atoms with Crippen LogP contribution < -0.4 is 15.0 Å². The number of para-hydroxylation sites is 1. The lowest BCUT2D eigenvalue weighted by Gasteiger charge is -2.29. The summed E-state index contributed by atoms with van der Waals surface area (Å²) in [6.45, 7) is 2.93. The third-order valence-corrected chi connectivity index (χ3v) is 7.20. The van der Waals surface area contributed by atoms with Crippen molar-refractivity contribution in [3.8, 4) is 5.75 Å². The molecule has 0 radical (unpaired) electrons. The molecule has 1 aliphatic heterocycles. The van der Waals surface area contributed by atoms with E-state index in [4.69, 9.17) is 19.7 Å². The first-order valence-corrected chi connectivity index (χ1v) is 12.8. The van der Waals surface area contributed by atoms with E-state index in [9.17, 15) is 0 Å². The van der Waals surface area contributed by atoms with Crippen molar-refractivity contribution in [1.29, 1.82) is 0 Å². The van der Waals surface area contributed by atoms with Crippen LogP contribution in [0.2, 0.25) is 0 Å². The van der Waals surface area contributed by atoms with Crippen LogP contribution in [0.25, 0.3) is 11.2 Å². The average Bonchev–Trinajstić information content (AvgIpc) is 3.36. The van der Waals surface area contributed by atoms with Gasteiger partial charge in [0.2, 0.25) is 5.95 Å². The van der Waals surface area contributed by atoms with Gasteiger partial charge in [-0.3, -0.25) is 0 Å². The van der Waals surface area contributed by atoms with Crippen molar-refractivity contribution in [2.75, 3.05) is 29.9 Å². The van der Waals surface area contributed by atoms with Gasteiger partial charge in [-0.2, -0.15) is 9.97 Å². The maximum Gasteiger partial charge on any atom is 0.229 e. The molecule has 7 heteroatoms. The topological polar surface area (TPSA) is 68.1 Å². The highest BCUT2D eigenvalue weighted by Gasteiger charge is 2.24. The molecule has 0 atom stereocenters. The average molecular weight is 469 g/mol. The van der Waals surface area contributed by atoms with Crippen molar-refractivity contribution in [3.05, 3.63) is 72.1 Å². The summed E-state index contributed by atoms with van der Waals surface area (Å²) in [6, 6.07) is 19.1. The summed E-state index contributed by atoms with van der Waals surface area (Å²) in [5.41, 5.74) is 4.56. The summed E-state index contributed by atoms with van der Waals surface area (Å²) in [7, 11) is 0. The monoisotopic (exact) mass is 468 g/mol. The van der Waals surface area contributed by atoms with E-state index < -0.39 is 0 Å². The van der Waals surface area contributed by atoms with Crippen molar-refractivity contribution in [1.82, 2.24) is 19.5 Å². The molecule has 0 amide bonds. The fourth-order valence-electron chi connectivity index (χ4n) is 5.32. The highest BCUT2D eigenvalue weighted by molar-refractivity contribution is 5.84. The number of fused-ring (bicyclic) bond motifs is 2. The molecule has 1 saturated carbocycles. The summed E-state index contributed by atoms with van der Waals surface area (Å²) in [6.07, 6.45) is 9.22. The number of rotatable bonds is 7. The molecule has 1 aliphatic carbocycles. The first-order chi connectivity index (χ1) is 17.3. The molecular formula is C28H32N6O. The predicted octanol–water partition coefficient (Wildman–Crippen LogP) is 5.39. The molecule has 0 bridgehead atoms. The van der Waals surface area contributed by atoms with Gasteiger partial charge in [-0.05, 0) is 42.5 Å². The maximum absolute atomic E-state index is 5.88. The molecule has 1 N–H and O–H groups in total. The van der Waals surface area contributed by atoms with Gasteiger partial charge in [0.15, 0.2) is 17.0 Å². The van der Waals surface area contributed by atoms with Crippen LogP contribution in [0, 0.1) is 0 Å². The highest BCUT2D eigenvalue weighted by atomic mass is 16.5. The van der Waals surface area contributed by atoms with Crippen molar-refractivity contribution < 1.29 is 4.74 Å². The normalized spacial score (nSPS) is 16.3. The number of hydrogen-bond acceptors (Lipinski definition) is 6. The highest BCUT2D eigenvalue weighted by Crippen LogP contribution is 2.33. The standard InChI is InChI=1S/C28H32N6O/c1-3-11-23(12-4-1)34-20-30-25-26(29-16-18-35-24-13-5-2-6-14-24)31-28(32-27(25)34)33-17-15-21-9-7-8-10-22(21)19-33/h2,5-10,13-14,20,23H,1,3-4,11-12,15-19H2,(H,29,31,32). The molecule has 4 aromatic rings. The Balaban J connectivity index is 1.28. The van der Waals surface area contributed by atoms with Crippen LogP contribution in [0.1, 0.15) is 49.3 Å². The van der Waals surface area contributed by atoms with Crippen LogP contribution >= 0.6 is 0 Å². The Hall–Kier alpha value is -3.61. The Morgan fingerprint density at radius 1 is 0.914 bits per heavy atom. The van der Waals surface area contributed by atoms with Gasteiger partial charge in [-0.25, -0.2) is 4.98 Å². The van der Waals surface area contributed by atoms with E-state index >= 15 is 0 Å². The Bertz CT molecular complexity index is 1280. The number of anilines is 2. The van der Waals surface area contributed by atoms with E-state index in [2.05, 4.69) is 39.0 Å². The van der Waals surface area contributed by atoms with E-state index in [0.29, 0.717) is 19.2 Å². The Kier molecular flexibility index (Phi) is 6.22. The van der Waals surface area contributed by atoms with Gasteiger partial charge in [0.25, 0.3) is 0 Å². The van der Waals surface area contributed by atoms with Crippen LogP contribution in [0.4, 0.5) is 11.8 Å². The molecule has 180 valence electrons. The molecule has 0 unspecified atom stereocenters. The first kappa shape index (κ1) is 21.9. The van der Waals surface area contributed by atoms with Crippen molar-refractivity contribution in [2.24, 2.45) is 0 Å². The number of hydrogen-bond donors (Lipinski definition) is 1. The minimum Gasteiger partial charge on any atom is -0.492 e. The van der Waals surface area contributed by atoms with E-state index in [0.717, 1.165) is 48.2 Å². The molecule has 0 saturated heterocycles. The molecule has 7 nitrogen and oxygen atoms in total. The minimum absolute atomic E-state index is 0.466. The lowest BCUT2D eigenvalue weighted by molar-refractivity contribution is 0.333. The van der Waals surface area contributed by atoms with Crippen molar-refractivity contribution in [2.45, 2.75) is 51.1 Å². The second-order valence-corrected chi connectivity index (χ2v) is 9.52. The molecule has 2 aromatic heterocycles. The number of imidazole rings is 1. The molecule has 2 aliphatic rings. The fraction of sp³-hybridized carbons (Fsp3) is 0.393. The van der Waals surface area contributed by atoms with Crippen molar-refractivity contribution in [3.63, 3.8) is 0 Å². The second kappa shape index (κ2) is 9.94. The van der Waals surface area contributed by atoms with Gasteiger partial charge in [0.1, 0.15) is 12.4 Å². The van der Waals surface area contributed by atoms with Crippen LogP contribution in [-0.2, 0) is 13.0 Å². The Labute approximate surface area is 206 Å². The lowest BCUT2D eigenvalue weighted by Crippen LogP contribution is -2.32. The van der Waals surface area contributed by atoms with Crippen LogP contribution in [0.15, 0.2) is 60.9 Å². The number of nitrogens with one attached hydrogen (secondary N) is 1. The molecule has 0 spiro atoms. The predicted molar refractivity (Wildman–Crippen MR) is 139 cm³/mol. The zero-order valence-corrected chi connectivity index (χ0v) is 20.1. The second-order valence-electron chi connectivity index (χ2n) is 9.52. The molecule has 6 rings (SSSR count). The summed E-state index contributed by atoms with van der Waals surface area (Å²) >= 11 is 0. The largest absolute Gasteiger partial charge is 0.492 e. The molecule has 35 heavy (non-hydrogen) atoms. The zero-order chi connectivity index (χ0) is 23.5. The quantitative estimate of drug-likeness (QED) is 0.367. The SMILES string of the molecule is c1ccc(OCCNc2nc(N3CCc4ccccc4C3)nc3c2ncn3C2CCCCC2)cc1. The lowest BCUT2D eigenvalue weighted by atomic mass is 9.95. The van der Waals surface area contributed by atoms with Gasteiger partial charge >= 0.3 is 0 Å². The third kappa shape index (κ3) is 4.67. The smallest absolute Gasteiger partial charge is 0.229 e. The van der Waals surface area contributed by atoms with E-state index in [1.165, 1.54) is 43.2 Å². The van der Waals surface area contributed by atoms with Gasteiger partial charge in [-0.15, -0.1) is 0 Å². The number of benzene rings is 2. The van der Waals surface area contributed by atoms with Crippen LogP contribution in [0.5, 0.6) is 5.75 Å². The molecule has 3 heterocycles. The number of ether oxygens (including phenoxy) is 1. The summed E-state index contributed by atoms with van der Waals surface area (Å²) in [4.78, 5) is 17.1. The molecular weight excluding hydrogens is 436 g/mol. The van der Waals surface area contributed by atoms with E-state index in [1.807, 2.05) is 36.7 Å². The fourth-order valence-corrected chi connectivity index (χ4v) is 5.32. The van der Waals surface area contributed by atoms with Gasteiger partial charge in [0, 0.05) is 19.1 Å². The van der Waals surface area contributed by atoms with Crippen LogP contribution in [-0.4, -0.2) is 39.2 Å². The summed E-state index contributed by atoms with van der Waals surface area (Å²) in [5.74, 6) is 2.43. The van der Waals surface area contributed by atoms with Gasteiger partial charge < -0.3 is 19.5 Å². The number of nitrogens with zero attached hydrogens (tertiary/aromatic N) is 5. The van der Waals surface area contributed by atoms with Crippen LogP contribution in [0.3, 0.4) is 0 Å². The van der Waals surface area contributed by atoms with E-state index in [-0.39, 0.29) is 0 Å². The Morgan fingerprint density at radius 3 is 2.57 bits per heavy atom. The summed E-state index contributed by atoms with van der Waals surface area (Å²) in [5, 5.41) is 3.49. The zero-order valence-electron chi connectivity index (χ0n) is 20.1. The van der Waals surface area contributed by atoms with Gasteiger partial charge in [0.05, 0.1) is 12.9 Å². The molecule has 2 aromatic carbocycles. The minimum atomic E-state index is 0.466. The number of aromatic nitrogens is 4. The van der Waals surface area contributed by atoms with Crippen molar-refractivity contribution >= 4 is 22.9 Å². The van der Waals surface area contributed by atoms with E-state index in [1.54, 1.807) is 0 Å². The third-order valence-electron chi connectivity index (χ3n) is 7.20. The molecule has 1 fully saturated rings. The maximum atomic E-state index is 5.88. The van der Waals surface area contributed by atoms with Gasteiger partial charge in [-0.1, -0.05) is 61.7 Å². The first-order valence-electron chi connectivity index (χ1n) is 12.8.